The average Bonchev–Trinajstić information content (AvgIpc) is 1.68. The Morgan fingerprint density at radius 1 is 1.62 bits per heavy atom. The first-order valence-corrected chi connectivity index (χ1v) is 3.14. The molecule has 0 saturated carbocycles. The molecule has 48 valence electrons. The van der Waals surface area contributed by atoms with E-state index in [9.17, 15) is 0 Å². The van der Waals surface area contributed by atoms with Crippen molar-refractivity contribution in [2.45, 2.75) is 20.3 Å². The second kappa shape index (κ2) is 4.85. The Morgan fingerprint density at radius 2 is 2.25 bits per heavy atom. The largest absolute Gasteiger partial charge is 0.330 e. The number of nitrogens with two attached hydrogens (primary N) is 1. The van der Waals surface area contributed by atoms with Crippen molar-refractivity contribution in [3.8, 4) is 0 Å². The molecule has 0 aromatic heterocycles. The predicted octanol–water partition coefficient (Wildman–Crippen LogP) is 1.55. The lowest BCUT2D eigenvalue weighted by Crippen LogP contribution is -2.03. The fourth-order valence-corrected chi connectivity index (χ4v) is 0.688. The van der Waals surface area contributed by atoms with Gasteiger partial charge < -0.3 is 5.73 Å². The number of hydrogen-bond acceptors (Lipinski definition) is 1. The second-order valence-electron chi connectivity index (χ2n) is 2.08. The summed E-state index contributed by atoms with van der Waals surface area (Å²) >= 11 is 0. The van der Waals surface area contributed by atoms with Gasteiger partial charge in [-0.25, -0.2) is 0 Å². The zero-order valence-electron chi connectivity index (χ0n) is 5.72. The molecule has 0 aliphatic rings. The monoisotopic (exact) mass is 113 g/mol. The van der Waals surface area contributed by atoms with E-state index in [1.54, 1.807) is 0 Å². The summed E-state index contributed by atoms with van der Waals surface area (Å²) in [6.07, 6.45) is 5.34. The van der Waals surface area contributed by atoms with Crippen LogP contribution in [-0.2, 0) is 0 Å². The van der Waals surface area contributed by atoms with E-state index < -0.39 is 0 Å². The van der Waals surface area contributed by atoms with Gasteiger partial charge in [-0.1, -0.05) is 19.1 Å². The minimum atomic E-state index is 0.657. The zero-order valence-corrected chi connectivity index (χ0v) is 5.72. The Hall–Kier alpha value is -0.300. The van der Waals surface area contributed by atoms with Gasteiger partial charge in [-0.15, -0.1) is 0 Å². The van der Waals surface area contributed by atoms with Crippen molar-refractivity contribution >= 4 is 0 Å². The molecule has 0 aliphatic heterocycles. The molecule has 2 N–H and O–H groups in total. The van der Waals surface area contributed by atoms with E-state index >= 15 is 0 Å². The first-order valence-electron chi connectivity index (χ1n) is 3.14. The maximum atomic E-state index is 5.33. The van der Waals surface area contributed by atoms with Crippen LogP contribution in [0.1, 0.15) is 20.3 Å². The highest BCUT2D eigenvalue weighted by atomic mass is 14.5. The van der Waals surface area contributed by atoms with E-state index in [0.29, 0.717) is 5.92 Å². The van der Waals surface area contributed by atoms with Gasteiger partial charge in [-0.2, -0.15) is 0 Å². The summed E-state index contributed by atoms with van der Waals surface area (Å²) in [6, 6.07) is 0. The number of hydrogen-bond donors (Lipinski definition) is 1. The first-order chi connectivity index (χ1) is 3.81. The molecule has 0 aliphatic carbocycles. The van der Waals surface area contributed by atoms with Gasteiger partial charge in [0.2, 0.25) is 0 Å². The van der Waals surface area contributed by atoms with Crippen LogP contribution in [0.3, 0.4) is 0 Å². The van der Waals surface area contributed by atoms with Crippen molar-refractivity contribution in [3.05, 3.63) is 12.2 Å². The molecule has 1 nitrogen and oxygen atoms in total. The Kier molecular flexibility index (Phi) is 4.67. The first kappa shape index (κ1) is 7.70. The van der Waals surface area contributed by atoms with Gasteiger partial charge in [0.1, 0.15) is 0 Å². The Balaban J connectivity index is 3.17. The lowest BCUT2D eigenvalue weighted by molar-refractivity contribution is 0.658. The molecule has 0 radical (unpaired) electrons. The average molecular weight is 113 g/mol. The third kappa shape index (κ3) is 3.88. The highest BCUT2D eigenvalue weighted by Gasteiger charge is 1.90. The van der Waals surface area contributed by atoms with Crippen LogP contribution in [0.4, 0.5) is 0 Å². The minimum absolute atomic E-state index is 0.657. The Labute approximate surface area is 51.6 Å². The van der Waals surface area contributed by atoms with Crippen molar-refractivity contribution in [3.63, 3.8) is 0 Å². The standard InChI is InChI=1S/C7H15N/c1-3-4-7(2)5-6-8/h3-4,7H,5-6,8H2,1-2H3/b4-3-. The summed E-state index contributed by atoms with van der Waals surface area (Å²) in [5.74, 6) is 0.657. The predicted molar refractivity (Wildman–Crippen MR) is 37.6 cm³/mol. The van der Waals surface area contributed by atoms with Crippen LogP contribution in [0.5, 0.6) is 0 Å². The molecular formula is C7H15N. The highest BCUT2D eigenvalue weighted by Crippen LogP contribution is 2.00. The van der Waals surface area contributed by atoms with Crippen LogP contribution < -0.4 is 5.73 Å². The molecule has 0 rings (SSSR count). The molecule has 0 aromatic carbocycles. The lowest BCUT2D eigenvalue weighted by atomic mass is 10.1. The third-order valence-corrected chi connectivity index (χ3v) is 1.14. The lowest BCUT2D eigenvalue weighted by Gasteiger charge is -1.99. The normalized spacial score (nSPS) is 14.9. The Bertz CT molecular complexity index is 66.8. The van der Waals surface area contributed by atoms with E-state index in [-0.39, 0.29) is 0 Å². The van der Waals surface area contributed by atoms with Gasteiger partial charge in [-0.3, -0.25) is 0 Å². The molecule has 0 saturated heterocycles. The van der Waals surface area contributed by atoms with Crippen molar-refractivity contribution in [1.82, 2.24) is 0 Å². The summed E-state index contributed by atoms with van der Waals surface area (Å²) in [6.45, 7) is 5.01. The maximum absolute atomic E-state index is 5.33. The molecule has 0 fully saturated rings. The fraction of sp³-hybridized carbons (Fsp3) is 0.714. The van der Waals surface area contributed by atoms with Crippen molar-refractivity contribution in [2.75, 3.05) is 6.54 Å². The summed E-state index contributed by atoms with van der Waals surface area (Å²) in [4.78, 5) is 0. The number of rotatable bonds is 3. The SMILES string of the molecule is C/C=C\C(C)CCN. The molecule has 1 unspecified atom stereocenters. The van der Waals surface area contributed by atoms with Gasteiger partial charge in [0, 0.05) is 0 Å². The summed E-state index contributed by atoms with van der Waals surface area (Å²) in [7, 11) is 0. The van der Waals surface area contributed by atoms with Crippen molar-refractivity contribution in [1.29, 1.82) is 0 Å². The molecule has 0 bridgehead atoms. The fourth-order valence-electron chi connectivity index (χ4n) is 0.688. The molecule has 1 heteroatoms. The summed E-state index contributed by atoms with van der Waals surface area (Å²) < 4.78 is 0. The molecule has 8 heavy (non-hydrogen) atoms. The molecule has 0 heterocycles. The number of allylic oxidation sites excluding steroid dienone is 2. The third-order valence-electron chi connectivity index (χ3n) is 1.14. The maximum Gasteiger partial charge on any atom is -0.00718 e. The van der Waals surface area contributed by atoms with Crippen LogP contribution in [0.25, 0.3) is 0 Å². The molecular weight excluding hydrogens is 98.1 g/mol. The van der Waals surface area contributed by atoms with Crippen LogP contribution in [0, 0.1) is 5.92 Å². The Morgan fingerprint density at radius 3 is 2.62 bits per heavy atom. The quantitative estimate of drug-likeness (QED) is 0.552. The van der Waals surface area contributed by atoms with E-state index in [1.807, 2.05) is 6.92 Å². The molecule has 1 atom stereocenters. The minimum Gasteiger partial charge on any atom is -0.330 e. The van der Waals surface area contributed by atoms with E-state index in [1.165, 1.54) is 0 Å². The smallest absolute Gasteiger partial charge is 0.00718 e. The van der Waals surface area contributed by atoms with E-state index in [4.69, 9.17) is 5.73 Å². The highest BCUT2D eigenvalue weighted by molar-refractivity contribution is 4.82. The van der Waals surface area contributed by atoms with Gasteiger partial charge >= 0.3 is 0 Å². The topological polar surface area (TPSA) is 26.0 Å². The van der Waals surface area contributed by atoms with E-state index in [2.05, 4.69) is 19.1 Å². The van der Waals surface area contributed by atoms with Gasteiger partial charge in [0.25, 0.3) is 0 Å². The van der Waals surface area contributed by atoms with Crippen LogP contribution in [0.2, 0.25) is 0 Å². The molecule has 0 spiro atoms. The summed E-state index contributed by atoms with van der Waals surface area (Å²) in [5.41, 5.74) is 5.33. The second-order valence-corrected chi connectivity index (χ2v) is 2.08. The van der Waals surface area contributed by atoms with E-state index in [0.717, 1.165) is 13.0 Å². The van der Waals surface area contributed by atoms with Crippen LogP contribution >= 0.6 is 0 Å². The van der Waals surface area contributed by atoms with Crippen LogP contribution in [-0.4, -0.2) is 6.54 Å². The van der Waals surface area contributed by atoms with Crippen LogP contribution in [0.15, 0.2) is 12.2 Å². The zero-order chi connectivity index (χ0) is 6.41. The van der Waals surface area contributed by atoms with Crippen molar-refractivity contribution < 1.29 is 0 Å². The van der Waals surface area contributed by atoms with Gasteiger partial charge in [-0.05, 0) is 25.8 Å². The summed E-state index contributed by atoms with van der Waals surface area (Å²) in [5, 5.41) is 0. The van der Waals surface area contributed by atoms with Gasteiger partial charge in [0.15, 0.2) is 0 Å². The van der Waals surface area contributed by atoms with Crippen molar-refractivity contribution in [2.24, 2.45) is 11.7 Å². The molecule has 0 aromatic rings. The molecule has 0 amide bonds. The van der Waals surface area contributed by atoms with Gasteiger partial charge in [0.05, 0.1) is 0 Å².